The molecule has 0 aliphatic heterocycles. The van der Waals surface area contributed by atoms with Gasteiger partial charge < -0.3 is 0 Å². The number of rotatable bonds is 0. The molecule has 4 aromatic rings. The van der Waals surface area contributed by atoms with Gasteiger partial charge in [0, 0.05) is 0 Å². The van der Waals surface area contributed by atoms with E-state index in [1.54, 1.807) is 0 Å². The largest absolute Gasteiger partial charge is 0.0610 e. The van der Waals surface area contributed by atoms with Gasteiger partial charge in [-0.3, -0.25) is 0 Å². The third kappa shape index (κ3) is 2.13. The highest BCUT2D eigenvalue weighted by atomic mass is 14.3. The minimum atomic E-state index is 0.116. The molecule has 0 aromatic heterocycles. The summed E-state index contributed by atoms with van der Waals surface area (Å²) in [5.74, 6) is 0. The summed E-state index contributed by atoms with van der Waals surface area (Å²) in [5.41, 5.74) is 3.22. The fourth-order valence-electron chi connectivity index (χ4n) is 4.21. The molecule has 0 aliphatic rings. The lowest BCUT2D eigenvalue weighted by Crippen LogP contribution is -2.22. The molecular formula is C24H26. The molecule has 0 unspecified atom stereocenters. The Bertz CT molecular complexity index is 1040. The molecule has 0 fully saturated rings. The van der Waals surface area contributed by atoms with E-state index in [9.17, 15) is 0 Å². The van der Waals surface area contributed by atoms with Crippen LogP contribution in [0, 0.1) is 0 Å². The zero-order chi connectivity index (χ0) is 17.3. The van der Waals surface area contributed by atoms with Crippen molar-refractivity contribution >= 4 is 32.3 Å². The average Bonchev–Trinajstić information content (AvgIpc) is 2.50. The first-order valence-electron chi connectivity index (χ1n) is 8.89. The van der Waals surface area contributed by atoms with Crippen LogP contribution in [0.25, 0.3) is 32.3 Å². The summed E-state index contributed by atoms with van der Waals surface area (Å²) in [5, 5.41) is 8.33. The van der Waals surface area contributed by atoms with Crippen LogP contribution in [-0.4, -0.2) is 0 Å². The van der Waals surface area contributed by atoms with E-state index in [0.717, 1.165) is 0 Å². The van der Waals surface area contributed by atoms with Crippen molar-refractivity contribution in [2.75, 3.05) is 0 Å². The summed E-state index contributed by atoms with van der Waals surface area (Å²) in [6, 6.07) is 18.3. The first kappa shape index (κ1) is 15.4. The second-order valence-corrected chi connectivity index (χ2v) is 9.16. The van der Waals surface area contributed by atoms with E-state index in [4.69, 9.17) is 0 Å². The third-order valence-electron chi connectivity index (χ3n) is 5.21. The Morgan fingerprint density at radius 1 is 0.583 bits per heavy atom. The number of benzene rings is 4. The Labute approximate surface area is 144 Å². The molecule has 0 radical (unpaired) electrons. The van der Waals surface area contributed by atoms with E-state index in [-0.39, 0.29) is 10.8 Å². The zero-order valence-electron chi connectivity index (χ0n) is 15.6. The molecule has 0 heteroatoms. The molecular weight excluding hydrogens is 288 g/mol. The summed E-state index contributed by atoms with van der Waals surface area (Å²) >= 11 is 0. The second-order valence-electron chi connectivity index (χ2n) is 9.16. The second kappa shape index (κ2) is 4.72. The van der Waals surface area contributed by atoms with Gasteiger partial charge in [0.2, 0.25) is 0 Å². The van der Waals surface area contributed by atoms with E-state index in [2.05, 4.69) is 90.1 Å². The summed E-state index contributed by atoms with van der Waals surface area (Å²) in [7, 11) is 0. The molecule has 0 saturated heterocycles. The predicted octanol–water partition coefficient (Wildman–Crippen LogP) is 7.18. The van der Waals surface area contributed by atoms with Crippen LogP contribution in [0.5, 0.6) is 0 Å². The third-order valence-corrected chi connectivity index (χ3v) is 5.21. The molecule has 0 heterocycles. The van der Waals surface area contributed by atoms with E-state index in [1.807, 2.05) is 0 Å². The van der Waals surface area contributed by atoms with Gasteiger partial charge >= 0.3 is 0 Å². The van der Waals surface area contributed by atoms with Crippen molar-refractivity contribution in [3.05, 3.63) is 59.7 Å². The minimum Gasteiger partial charge on any atom is -0.0610 e. The average molecular weight is 314 g/mol. The highest BCUT2D eigenvalue weighted by molar-refractivity contribution is 6.24. The summed E-state index contributed by atoms with van der Waals surface area (Å²) in [4.78, 5) is 0. The maximum Gasteiger partial charge on any atom is -0.00236 e. The van der Waals surface area contributed by atoms with Crippen LogP contribution in [0.4, 0.5) is 0 Å². The smallest absolute Gasteiger partial charge is 0.00236 e. The molecule has 0 nitrogen and oxygen atoms in total. The van der Waals surface area contributed by atoms with Crippen LogP contribution >= 0.6 is 0 Å². The molecule has 0 bridgehead atoms. The van der Waals surface area contributed by atoms with Crippen molar-refractivity contribution in [2.24, 2.45) is 0 Å². The van der Waals surface area contributed by atoms with Crippen LogP contribution < -0.4 is 0 Å². The number of hydrogen-bond acceptors (Lipinski definition) is 0. The normalized spacial score (nSPS) is 13.4. The zero-order valence-corrected chi connectivity index (χ0v) is 15.6. The maximum atomic E-state index is 2.44. The molecule has 122 valence electrons. The van der Waals surface area contributed by atoms with Gasteiger partial charge in [-0.15, -0.1) is 0 Å². The Morgan fingerprint density at radius 3 is 1.75 bits per heavy atom. The van der Waals surface area contributed by atoms with E-state index < -0.39 is 0 Å². The monoisotopic (exact) mass is 314 g/mol. The van der Waals surface area contributed by atoms with E-state index in [1.165, 1.54) is 43.4 Å². The molecule has 4 rings (SSSR count). The van der Waals surface area contributed by atoms with Gasteiger partial charge in [0.05, 0.1) is 0 Å². The molecule has 0 aliphatic carbocycles. The lowest BCUT2D eigenvalue weighted by molar-refractivity contribution is 0.535. The molecule has 0 amide bonds. The summed E-state index contributed by atoms with van der Waals surface area (Å²) in [6.45, 7) is 14.0. The Morgan fingerprint density at radius 2 is 1.17 bits per heavy atom. The molecule has 0 atom stereocenters. The molecule has 0 spiro atoms. The van der Waals surface area contributed by atoms with Gasteiger partial charge in [0.15, 0.2) is 0 Å². The van der Waals surface area contributed by atoms with Crippen LogP contribution in [0.3, 0.4) is 0 Å². The van der Waals surface area contributed by atoms with Crippen molar-refractivity contribution in [1.29, 1.82) is 0 Å². The van der Waals surface area contributed by atoms with Gasteiger partial charge in [-0.05, 0) is 54.3 Å². The topological polar surface area (TPSA) is 0 Å². The van der Waals surface area contributed by atoms with Crippen molar-refractivity contribution in [3.63, 3.8) is 0 Å². The predicted molar refractivity (Wildman–Crippen MR) is 108 cm³/mol. The summed E-state index contributed by atoms with van der Waals surface area (Å²) < 4.78 is 0. The van der Waals surface area contributed by atoms with Crippen molar-refractivity contribution in [1.82, 2.24) is 0 Å². The van der Waals surface area contributed by atoms with Gasteiger partial charge in [0.25, 0.3) is 0 Å². The Kier molecular flexibility index (Phi) is 3.04. The van der Waals surface area contributed by atoms with E-state index in [0.29, 0.717) is 0 Å². The maximum absolute atomic E-state index is 2.44. The van der Waals surface area contributed by atoms with Crippen LogP contribution in [0.2, 0.25) is 0 Å². The van der Waals surface area contributed by atoms with Crippen molar-refractivity contribution in [3.8, 4) is 0 Å². The fourth-order valence-corrected chi connectivity index (χ4v) is 4.21. The first-order valence-corrected chi connectivity index (χ1v) is 8.89. The fraction of sp³-hybridized carbons (Fsp3) is 0.333. The minimum absolute atomic E-state index is 0.116. The van der Waals surface area contributed by atoms with Gasteiger partial charge in [-0.1, -0.05) is 90.1 Å². The van der Waals surface area contributed by atoms with Crippen LogP contribution in [0.15, 0.2) is 48.5 Å². The standard InChI is InChI=1S/C24H26/c1-23(2,3)19-14-17-11-10-15-8-7-9-16-12-13-18(21(17)20(15)16)22(19)24(4,5)6/h7-14H,1-6H3. The quantitative estimate of drug-likeness (QED) is 0.301. The molecule has 4 aromatic carbocycles. The van der Waals surface area contributed by atoms with Crippen LogP contribution in [-0.2, 0) is 10.8 Å². The number of hydrogen-bond donors (Lipinski definition) is 0. The first-order chi connectivity index (χ1) is 11.2. The lowest BCUT2D eigenvalue weighted by Gasteiger charge is -2.32. The highest BCUT2D eigenvalue weighted by Gasteiger charge is 2.28. The SMILES string of the molecule is CC(C)(C)c1cc2ccc3cccc4ccc(c1C(C)(C)C)c2c34. The van der Waals surface area contributed by atoms with Crippen LogP contribution in [0.1, 0.15) is 52.7 Å². The van der Waals surface area contributed by atoms with Crippen molar-refractivity contribution in [2.45, 2.75) is 52.4 Å². The molecule has 24 heavy (non-hydrogen) atoms. The van der Waals surface area contributed by atoms with Gasteiger partial charge in [0.1, 0.15) is 0 Å². The summed E-state index contributed by atoms with van der Waals surface area (Å²) in [6.07, 6.45) is 0. The van der Waals surface area contributed by atoms with Crippen molar-refractivity contribution < 1.29 is 0 Å². The molecule has 0 saturated carbocycles. The van der Waals surface area contributed by atoms with Gasteiger partial charge in [-0.25, -0.2) is 0 Å². The van der Waals surface area contributed by atoms with Gasteiger partial charge in [-0.2, -0.15) is 0 Å². The molecule has 0 N–H and O–H groups in total. The van der Waals surface area contributed by atoms with E-state index >= 15 is 0 Å². The highest BCUT2D eigenvalue weighted by Crippen LogP contribution is 2.44. The Balaban J connectivity index is 2.32. The lowest BCUT2D eigenvalue weighted by atomic mass is 9.72. The Hall–Kier alpha value is -2.08.